The number of benzene rings is 4. The SMILES string of the molecule is O=C(CBr)Nc1ccccc1-c1c2nc(c(-c3ccc(S(=O)(=O)O)cc3)c3ccc([nH]3)c(-c3ccc(S(=O)(=O)O)cc3)c3nc(c(-c4ccc(S(=O)(=O)O)cc4)c4ccc1[nH]4)C=C3)C=C2. The first-order chi connectivity index (χ1) is 31.0. The number of nitrogens with zero attached hydrogens (tertiary/aromatic N) is 2. The average Bonchev–Trinajstić information content (AvgIpc) is 4.12. The molecule has 8 bridgehead atoms. The van der Waals surface area contributed by atoms with Crippen molar-refractivity contribution in [3.8, 4) is 44.5 Å². The van der Waals surface area contributed by atoms with Crippen LogP contribution >= 0.6 is 15.9 Å². The zero-order chi connectivity index (χ0) is 45.8. The minimum absolute atomic E-state index is 0.0350. The van der Waals surface area contributed by atoms with E-state index in [0.29, 0.717) is 95.0 Å². The molecule has 65 heavy (non-hydrogen) atoms. The van der Waals surface area contributed by atoms with Crippen LogP contribution in [0.25, 0.3) is 90.9 Å². The van der Waals surface area contributed by atoms with Gasteiger partial charge < -0.3 is 15.3 Å². The molecule has 0 aliphatic carbocycles. The molecule has 3 aromatic heterocycles. The van der Waals surface area contributed by atoms with Crippen molar-refractivity contribution in [2.45, 2.75) is 14.7 Å². The molecule has 2 aliphatic rings. The highest BCUT2D eigenvalue weighted by Gasteiger charge is 2.22. The Labute approximate surface area is 379 Å². The van der Waals surface area contributed by atoms with Crippen LogP contribution in [0, 0.1) is 0 Å². The van der Waals surface area contributed by atoms with E-state index >= 15 is 0 Å². The lowest BCUT2D eigenvalue weighted by atomic mass is 10.0. The number of halogens is 1. The Balaban J connectivity index is 1.45. The van der Waals surface area contributed by atoms with Crippen molar-refractivity contribution >= 4 is 104 Å². The third-order valence-corrected chi connectivity index (χ3v) is 13.8. The van der Waals surface area contributed by atoms with Crippen molar-refractivity contribution in [3.63, 3.8) is 0 Å². The van der Waals surface area contributed by atoms with Crippen molar-refractivity contribution in [1.82, 2.24) is 19.9 Å². The van der Waals surface area contributed by atoms with Crippen LogP contribution in [0.15, 0.2) is 136 Å². The van der Waals surface area contributed by atoms with Crippen LogP contribution in [0.4, 0.5) is 5.69 Å². The Morgan fingerprint density at radius 3 is 1.14 bits per heavy atom. The Kier molecular flexibility index (Phi) is 11.1. The van der Waals surface area contributed by atoms with E-state index in [9.17, 15) is 43.7 Å². The Morgan fingerprint density at radius 1 is 0.477 bits per heavy atom. The first-order valence-corrected chi connectivity index (χ1v) is 24.8. The molecular weight excluding hydrogens is 959 g/mol. The highest BCUT2D eigenvalue weighted by molar-refractivity contribution is 9.09. The van der Waals surface area contributed by atoms with Gasteiger partial charge >= 0.3 is 0 Å². The quantitative estimate of drug-likeness (QED) is 0.0585. The van der Waals surface area contributed by atoms with E-state index < -0.39 is 30.4 Å². The summed E-state index contributed by atoms with van der Waals surface area (Å²) in [6.07, 6.45) is 7.13. The van der Waals surface area contributed by atoms with Gasteiger partial charge in [-0.1, -0.05) is 70.5 Å². The Hall–Kier alpha value is -6.84. The topological polar surface area (TPSA) is 250 Å². The van der Waals surface area contributed by atoms with Gasteiger partial charge in [-0.15, -0.1) is 0 Å². The van der Waals surface area contributed by atoms with Gasteiger partial charge in [-0.25, -0.2) is 9.97 Å². The Bertz CT molecular complexity index is 3630. The molecule has 0 radical (unpaired) electrons. The third-order valence-electron chi connectivity index (χ3n) is 10.7. The van der Waals surface area contributed by atoms with E-state index in [-0.39, 0.29) is 25.9 Å². The van der Waals surface area contributed by atoms with E-state index in [1.165, 1.54) is 48.5 Å². The van der Waals surface area contributed by atoms with E-state index in [0.717, 1.165) is 0 Å². The summed E-state index contributed by atoms with van der Waals surface area (Å²) in [7, 11) is -13.6. The number of anilines is 1. The van der Waals surface area contributed by atoms with Crippen molar-refractivity contribution in [3.05, 3.63) is 144 Å². The van der Waals surface area contributed by atoms with E-state index in [2.05, 4.69) is 31.2 Å². The number of carbonyl (C=O) groups excluding carboxylic acids is 1. The molecule has 0 saturated carbocycles. The first-order valence-electron chi connectivity index (χ1n) is 19.3. The van der Waals surface area contributed by atoms with Crippen LogP contribution in [0.5, 0.6) is 0 Å². The van der Waals surface area contributed by atoms with Crippen molar-refractivity contribution in [2.24, 2.45) is 0 Å². The summed E-state index contributed by atoms with van der Waals surface area (Å²) in [6, 6.07) is 31.3. The standard InChI is InChI=1S/C46H32BrN5O10S3/c47-25-42(53)52-33-4-2-1-3-32(33)46-40-23-21-38(50-40)44(27-7-13-30(14-8-27)64(57,58)59)36-19-17-34(48-36)43(26-5-11-29(12-6-26)63(54,55)56)35-18-20-37(49-35)45(39-22-24-41(46)51-39)28-9-15-31(16-10-28)65(60,61)62/h1-24,48,51H,25H2,(H,52,53)(H,54,55,56)(H,57,58,59)(H,60,61,62). The molecule has 1 amide bonds. The zero-order valence-corrected chi connectivity index (χ0v) is 37.3. The summed E-state index contributed by atoms with van der Waals surface area (Å²) >= 11 is 3.23. The Morgan fingerprint density at radius 2 is 0.800 bits per heavy atom. The number of aromatic nitrogens is 4. The highest BCUT2D eigenvalue weighted by Crippen LogP contribution is 2.40. The predicted octanol–water partition coefficient (Wildman–Crippen LogP) is 9.40. The summed E-state index contributed by atoms with van der Waals surface area (Å²) in [5.41, 5.74) is 8.73. The van der Waals surface area contributed by atoms with E-state index in [4.69, 9.17) is 9.97 Å². The molecule has 6 N–H and O–H groups in total. The molecule has 15 nitrogen and oxygen atoms in total. The molecule has 0 spiro atoms. The summed E-state index contributed by atoms with van der Waals surface area (Å²) in [6.45, 7) is 0. The molecule has 0 atom stereocenters. The normalized spacial score (nSPS) is 12.7. The number of hydrogen-bond donors (Lipinski definition) is 6. The molecular formula is C46H32BrN5O10S3. The number of H-pyrrole nitrogens is 2. The van der Waals surface area contributed by atoms with Crippen molar-refractivity contribution in [2.75, 3.05) is 10.6 Å². The van der Waals surface area contributed by atoms with Crippen LogP contribution in [0.2, 0.25) is 0 Å². The average molecular weight is 991 g/mol. The zero-order valence-electron chi connectivity index (χ0n) is 33.3. The van der Waals surface area contributed by atoms with Gasteiger partial charge in [0.05, 0.1) is 42.8 Å². The fourth-order valence-electron chi connectivity index (χ4n) is 7.77. The van der Waals surface area contributed by atoms with Gasteiger partial charge in [-0.3, -0.25) is 18.5 Å². The third kappa shape index (κ3) is 8.61. The van der Waals surface area contributed by atoms with Crippen LogP contribution < -0.4 is 5.32 Å². The van der Waals surface area contributed by atoms with E-state index in [1.807, 2.05) is 24.3 Å². The number of fused-ring (bicyclic) bond motifs is 8. The van der Waals surface area contributed by atoms with Gasteiger partial charge in [0.2, 0.25) is 5.91 Å². The number of hydrogen-bond acceptors (Lipinski definition) is 9. The van der Waals surface area contributed by atoms with Gasteiger partial charge in [0.15, 0.2) is 0 Å². The number of rotatable bonds is 9. The number of aromatic amines is 2. The van der Waals surface area contributed by atoms with Gasteiger partial charge in [0.1, 0.15) is 0 Å². The monoisotopic (exact) mass is 989 g/mol. The maximum Gasteiger partial charge on any atom is 0.294 e. The largest absolute Gasteiger partial charge is 0.354 e. The van der Waals surface area contributed by atoms with Gasteiger partial charge in [0.25, 0.3) is 30.4 Å². The number of amides is 1. The molecule has 19 heteroatoms. The fraction of sp³-hybridized carbons (Fsp3) is 0.0217. The molecule has 5 heterocycles. The van der Waals surface area contributed by atoms with Gasteiger partial charge in [-0.2, -0.15) is 25.3 Å². The summed E-state index contributed by atoms with van der Waals surface area (Å²) in [5, 5.41) is 2.99. The molecule has 326 valence electrons. The molecule has 9 rings (SSSR count). The molecule has 7 aromatic rings. The smallest absolute Gasteiger partial charge is 0.294 e. The van der Waals surface area contributed by atoms with Crippen LogP contribution in [-0.2, 0) is 35.1 Å². The fourth-order valence-corrected chi connectivity index (χ4v) is 9.35. The lowest BCUT2D eigenvalue weighted by Crippen LogP contribution is -2.13. The summed E-state index contributed by atoms with van der Waals surface area (Å²) < 4.78 is 102. The highest BCUT2D eigenvalue weighted by atomic mass is 79.9. The minimum Gasteiger partial charge on any atom is -0.354 e. The molecule has 0 unspecified atom stereocenters. The van der Waals surface area contributed by atoms with Gasteiger partial charge in [-0.05, 0) is 108 Å². The minimum atomic E-state index is -4.53. The van der Waals surface area contributed by atoms with Crippen molar-refractivity contribution in [1.29, 1.82) is 0 Å². The second kappa shape index (κ2) is 16.6. The summed E-state index contributed by atoms with van der Waals surface area (Å²) in [5.74, 6) is -0.298. The summed E-state index contributed by atoms with van der Waals surface area (Å²) in [4.78, 5) is 29.2. The second-order valence-electron chi connectivity index (χ2n) is 14.7. The molecule has 2 aliphatic heterocycles. The lowest BCUT2D eigenvalue weighted by Gasteiger charge is -2.12. The maximum atomic E-state index is 12.8. The van der Waals surface area contributed by atoms with Gasteiger partial charge in [0, 0.05) is 55.6 Å². The van der Waals surface area contributed by atoms with Crippen LogP contribution in [0.3, 0.4) is 0 Å². The predicted molar refractivity (Wildman–Crippen MR) is 252 cm³/mol. The second-order valence-corrected chi connectivity index (χ2v) is 19.6. The van der Waals surface area contributed by atoms with Crippen molar-refractivity contribution < 1.29 is 43.7 Å². The first kappa shape index (κ1) is 43.4. The molecule has 0 saturated heterocycles. The number of alkyl halides is 1. The van der Waals surface area contributed by atoms with Crippen LogP contribution in [-0.4, -0.2) is 70.1 Å². The van der Waals surface area contributed by atoms with E-state index in [1.54, 1.807) is 72.8 Å². The number of carbonyl (C=O) groups is 1. The number of para-hydroxylation sites is 1. The maximum absolute atomic E-state index is 12.8. The molecule has 4 aromatic carbocycles. The lowest BCUT2D eigenvalue weighted by molar-refractivity contribution is -0.113. The van der Waals surface area contributed by atoms with Crippen LogP contribution in [0.1, 0.15) is 22.8 Å². The number of nitrogens with one attached hydrogen (secondary N) is 3. The molecule has 0 fully saturated rings.